The fourth-order valence-corrected chi connectivity index (χ4v) is 2.60. The van der Waals surface area contributed by atoms with E-state index in [1.807, 2.05) is 0 Å². The van der Waals surface area contributed by atoms with Crippen molar-refractivity contribution in [1.29, 1.82) is 0 Å². The number of unbranched alkanes of at least 4 members (excludes halogenated alkanes) is 1. The van der Waals surface area contributed by atoms with Gasteiger partial charge in [0.1, 0.15) is 0 Å². The second kappa shape index (κ2) is 5.61. The molecule has 4 nitrogen and oxygen atoms in total. The zero-order chi connectivity index (χ0) is 13.1. The number of rotatable bonds is 4. The highest BCUT2D eigenvalue weighted by atomic mass is 16.5. The standard InChI is InChI=1S/C15H21N3O/c1-2-3-8-18-14-7-5-4-6-13(14)16-15(18)17-9-11-19-12-10-17/h4-7H,2-3,8-12H2,1H3. The van der Waals surface area contributed by atoms with Crippen LogP contribution in [0.4, 0.5) is 5.95 Å². The number of hydrogen-bond donors (Lipinski definition) is 0. The van der Waals surface area contributed by atoms with E-state index in [2.05, 4.69) is 40.7 Å². The van der Waals surface area contributed by atoms with E-state index in [0.717, 1.165) is 44.3 Å². The first-order valence-corrected chi connectivity index (χ1v) is 7.18. The van der Waals surface area contributed by atoms with E-state index in [-0.39, 0.29) is 0 Å². The van der Waals surface area contributed by atoms with Crippen LogP contribution in [-0.4, -0.2) is 35.9 Å². The van der Waals surface area contributed by atoms with Crippen molar-refractivity contribution < 1.29 is 4.74 Å². The Hall–Kier alpha value is -1.55. The number of aromatic nitrogens is 2. The molecule has 102 valence electrons. The molecule has 0 spiro atoms. The normalized spacial score (nSPS) is 16.2. The summed E-state index contributed by atoms with van der Waals surface area (Å²) in [6.45, 7) is 6.76. The van der Waals surface area contributed by atoms with E-state index in [0.29, 0.717) is 0 Å². The number of nitrogens with zero attached hydrogens (tertiary/aromatic N) is 3. The summed E-state index contributed by atoms with van der Waals surface area (Å²) in [6, 6.07) is 8.42. The topological polar surface area (TPSA) is 30.3 Å². The Labute approximate surface area is 114 Å². The Kier molecular flexibility index (Phi) is 3.69. The van der Waals surface area contributed by atoms with Gasteiger partial charge in [-0.15, -0.1) is 0 Å². The number of aryl methyl sites for hydroxylation is 1. The number of fused-ring (bicyclic) bond motifs is 1. The van der Waals surface area contributed by atoms with Gasteiger partial charge in [0.25, 0.3) is 0 Å². The van der Waals surface area contributed by atoms with Gasteiger partial charge in [0, 0.05) is 19.6 Å². The monoisotopic (exact) mass is 259 g/mol. The first-order chi connectivity index (χ1) is 9.40. The third-order valence-electron chi connectivity index (χ3n) is 3.66. The van der Waals surface area contributed by atoms with Gasteiger partial charge >= 0.3 is 0 Å². The molecule has 0 radical (unpaired) electrons. The van der Waals surface area contributed by atoms with Crippen LogP contribution in [0, 0.1) is 0 Å². The predicted octanol–water partition coefficient (Wildman–Crippen LogP) is 2.67. The van der Waals surface area contributed by atoms with Crippen LogP contribution in [-0.2, 0) is 11.3 Å². The molecule has 19 heavy (non-hydrogen) atoms. The summed E-state index contributed by atoms with van der Waals surface area (Å²) in [6.07, 6.45) is 2.40. The summed E-state index contributed by atoms with van der Waals surface area (Å²) in [5, 5.41) is 0. The number of anilines is 1. The molecule has 0 unspecified atom stereocenters. The number of imidazole rings is 1. The van der Waals surface area contributed by atoms with Crippen molar-refractivity contribution in [3.05, 3.63) is 24.3 Å². The van der Waals surface area contributed by atoms with E-state index in [1.54, 1.807) is 0 Å². The highest BCUT2D eigenvalue weighted by Gasteiger charge is 2.18. The summed E-state index contributed by atoms with van der Waals surface area (Å²) in [7, 11) is 0. The second-order valence-electron chi connectivity index (χ2n) is 5.01. The number of morpholine rings is 1. The van der Waals surface area contributed by atoms with Crippen LogP contribution in [0.15, 0.2) is 24.3 Å². The summed E-state index contributed by atoms with van der Waals surface area (Å²) in [5.41, 5.74) is 2.34. The molecular weight excluding hydrogens is 238 g/mol. The minimum atomic E-state index is 0.803. The Bertz CT molecular complexity index is 543. The minimum absolute atomic E-state index is 0.803. The molecule has 1 saturated heterocycles. The quantitative estimate of drug-likeness (QED) is 0.845. The third kappa shape index (κ3) is 2.45. The fraction of sp³-hybridized carbons (Fsp3) is 0.533. The van der Waals surface area contributed by atoms with Gasteiger partial charge in [-0.3, -0.25) is 0 Å². The van der Waals surface area contributed by atoms with Crippen LogP contribution in [0.5, 0.6) is 0 Å². The minimum Gasteiger partial charge on any atom is -0.378 e. The predicted molar refractivity (Wildman–Crippen MR) is 77.7 cm³/mol. The summed E-state index contributed by atoms with van der Waals surface area (Å²) in [5.74, 6) is 1.11. The third-order valence-corrected chi connectivity index (χ3v) is 3.66. The second-order valence-corrected chi connectivity index (χ2v) is 5.01. The lowest BCUT2D eigenvalue weighted by atomic mass is 10.3. The van der Waals surface area contributed by atoms with E-state index >= 15 is 0 Å². The molecule has 0 N–H and O–H groups in total. The molecule has 1 aromatic heterocycles. The molecule has 1 fully saturated rings. The zero-order valence-corrected chi connectivity index (χ0v) is 11.5. The van der Waals surface area contributed by atoms with E-state index < -0.39 is 0 Å². The lowest BCUT2D eigenvalue weighted by Gasteiger charge is -2.28. The van der Waals surface area contributed by atoms with Crippen molar-refractivity contribution in [2.45, 2.75) is 26.3 Å². The van der Waals surface area contributed by atoms with Crippen LogP contribution in [0.3, 0.4) is 0 Å². The van der Waals surface area contributed by atoms with E-state index in [4.69, 9.17) is 9.72 Å². The molecule has 0 bridgehead atoms. The smallest absolute Gasteiger partial charge is 0.206 e. The molecule has 2 heterocycles. The van der Waals surface area contributed by atoms with Crippen molar-refractivity contribution in [3.8, 4) is 0 Å². The van der Waals surface area contributed by atoms with Crippen molar-refractivity contribution in [3.63, 3.8) is 0 Å². The molecule has 0 atom stereocenters. The number of ether oxygens (including phenoxy) is 1. The van der Waals surface area contributed by atoms with Gasteiger partial charge in [-0.1, -0.05) is 25.5 Å². The maximum atomic E-state index is 5.44. The van der Waals surface area contributed by atoms with Gasteiger partial charge < -0.3 is 14.2 Å². The molecule has 0 saturated carbocycles. The molecule has 0 amide bonds. The lowest BCUT2D eigenvalue weighted by molar-refractivity contribution is 0.121. The van der Waals surface area contributed by atoms with Gasteiger partial charge in [-0.2, -0.15) is 0 Å². The van der Waals surface area contributed by atoms with Crippen LogP contribution in [0.25, 0.3) is 11.0 Å². The largest absolute Gasteiger partial charge is 0.378 e. The molecular formula is C15H21N3O. The summed E-state index contributed by atoms with van der Waals surface area (Å²) in [4.78, 5) is 7.17. The van der Waals surface area contributed by atoms with Crippen LogP contribution < -0.4 is 4.90 Å². The molecule has 1 aromatic carbocycles. The van der Waals surface area contributed by atoms with Gasteiger partial charge in [0.15, 0.2) is 0 Å². The molecule has 0 aliphatic carbocycles. The molecule has 2 aromatic rings. The maximum Gasteiger partial charge on any atom is 0.206 e. The fourth-order valence-electron chi connectivity index (χ4n) is 2.60. The SMILES string of the molecule is CCCCn1c(N2CCOCC2)nc2ccccc21. The van der Waals surface area contributed by atoms with Gasteiger partial charge in [-0.05, 0) is 18.6 Å². The zero-order valence-electron chi connectivity index (χ0n) is 11.5. The van der Waals surface area contributed by atoms with Crippen LogP contribution in [0.1, 0.15) is 19.8 Å². The molecule has 1 aliphatic heterocycles. The van der Waals surface area contributed by atoms with Crippen molar-refractivity contribution in [1.82, 2.24) is 9.55 Å². The number of para-hydroxylation sites is 2. The highest BCUT2D eigenvalue weighted by molar-refractivity contribution is 5.78. The van der Waals surface area contributed by atoms with Crippen LogP contribution in [0.2, 0.25) is 0 Å². The molecule has 3 rings (SSSR count). The van der Waals surface area contributed by atoms with Crippen LogP contribution >= 0.6 is 0 Å². The average molecular weight is 259 g/mol. The first kappa shape index (κ1) is 12.5. The van der Waals surface area contributed by atoms with Gasteiger partial charge in [0.2, 0.25) is 5.95 Å². The van der Waals surface area contributed by atoms with E-state index in [1.165, 1.54) is 18.4 Å². The van der Waals surface area contributed by atoms with E-state index in [9.17, 15) is 0 Å². The molecule has 1 aliphatic rings. The Morgan fingerprint density at radius 2 is 2.00 bits per heavy atom. The summed E-state index contributed by atoms with van der Waals surface area (Å²) < 4.78 is 7.80. The maximum absolute atomic E-state index is 5.44. The number of hydrogen-bond acceptors (Lipinski definition) is 3. The van der Waals surface area contributed by atoms with Gasteiger partial charge in [0.05, 0.1) is 24.2 Å². The molecule has 4 heteroatoms. The number of benzene rings is 1. The highest BCUT2D eigenvalue weighted by Crippen LogP contribution is 2.23. The Morgan fingerprint density at radius 1 is 1.21 bits per heavy atom. The lowest BCUT2D eigenvalue weighted by Crippen LogP contribution is -2.38. The first-order valence-electron chi connectivity index (χ1n) is 7.18. The summed E-state index contributed by atoms with van der Waals surface area (Å²) >= 11 is 0. The Balaban J connectivity index is 2.00. The Morgan fingerprint density at radius 3 is 2.79 bits per heavy atom. The van der Waals surface area contributed by atoms with Crippen molar-refractivity contribution in [2.75, 3.05) is 31.2 Å². The van der Waals surface area contributed by atoms with Crippen molar-refractivity contribution in [2.24, 2.45) is 0 Å². The average Bonchev–Trinajstić information content (AvgIpc) is 2.85. The van der Waals surface area contributed by atoms with Gasteiger partial charge in [-0.25, -0.2) is 4.98 Å². The van der Waals surface area contributed by atoms with Crippen molar-refractivity contribution >= 4 is 17.0 Å².